The van der Waals surface area contributed by atoms with Gasteiger partial charge in [-0.05, 0) is 23.6 Å². The van der Waals surface area contributed by atoms with Crippen LogP contribution >= 0.6 is 0 Å². The smallest absolute Gasteiger partial charge is 0.220 e. The average molecular weight is 283 g/mol. The van der Waals surface area contributed by atoms with Gasteiger partial charge in [0.2, 0.25) is 5.91 Å². The van der Waals surface area contributed by atoms with Gasteiger partial charge >= 0.3 is 0 Å². The molecule has 1 heterocycles. The summed E-state index contributed by atoms with van der Waals surface area (Å²) in [5, 5.41) is 13.0. The fourth-order valence-corrected chi connectivity index (χ4v) is 2.70. The van der Waals surface area contributed by atoms with Crippen molar-refractivity contribution in [2.24, 2.45) is 0 Å². The van der Waals surface area contributed by atoms with Crippen LogP contribution in [0.15, 0.2) is 42.9 Å². The van der Waals surface area contributed by atoms with Crippen molar-refractivity contribution >= 4 is 5.91 Å². The van der Waals surface area contributed by atoms with Crippen molar-refractivity contribution in [1.82, 2.24) is 15.3 Å². The summed E-state index contributed by atoms with van der Waals surface area (Å²) < 4.78 is 0. The number of aromatic nitrogens is 2. The van der Waals surface area contributed by atoms with Gasteiger partial charge in [0.05, 0.1) is 12.1 Å². The van der Waals surface area contributed by atoms with E-state index in [1.54, 1.807) is 12.3 Å². The molecule has 1 amide bonds. The van der Waals surface area contributed by atoms with Gasteiger partial charge in [-0.25, -0.2) is 9.97 Å². The van der Waals surface area contributed by atoms with E-state index in [1.807, 2.05) is 24.3 Å². The van der Waals surface area contributed by atoms with Crippen LogP contribution in [0.2, 0.25) is 0 Å². The number of amides is 1. The first kappa shape index (κ1) is 13.7. The Morgan fingerprint density at radius 1 is 1.33 bits per heavy atom. The summed E-state index contributed by atoms with van der Waals surface area (Å²) in [6.45, 7) is 0. The van der Waals surface area contributed by atoms with Crippen LogP contribution < -0.4 is 5.32 Å². The Balaban J connectivity index is 1.60. The van der Waals surface area contributed by atoms with E-state index in [9.17, 15) is 9.90 Å². The van der Waals surface area contributed by atoms with E-state index >= 15 is 0 Å². The quantitative estimate of drug-likeness (QED) is 0.883. The lowest BCUT2D eigenvalue weighted by atomic mass is 10.1. The molecule has 0 saturated heterocycles. The van der Waals surface area contributed by atoms with Crippen molar-refractivity contribution < 1.29 is 9.90 Å². The molecule has 108 valence electrons. The number of hydrogen-bond donors (Lipinski definition) is 2. The summed E-state index contributed by atoms with van der Waals surface area (Å²) in [6, 6.07) is 9.32. The topological polar surface area (TPSA) is 75.1 Å². The molecule has 0 spiro atoms. The number of carbonyl (C=O) groups excluding carboxylic acids is 1. The van der Waals surface area contributed by atoms with Crippen molar-refractivity contribution in [3.05, 3.63) is 59.7 Å². The molecular weight excluding hydrogens is 266 g/mol. The SMILES string of the molecule is O=C(CCc1ccncn1)N[C@H]1c2ccccc2C[C@H]1O. The number of hydrogen-bond acceptors (Lipinski definition) is 4. The molecule has 1 aliphatic carbocycles. The molecule has 5 nitrogen and oxygen atoms in total. The third kappa shape index (κ3) is 3.08. The summed E-state index contributed by atoms with van der Waals surface area (Å²) in [5.41, 5.74) is 2.96. The van der Waals surface area contributed by atoms with E-state index < -0.39 is 6.10 Å². The average Bonchev–Trinajstić information content (AvgIpc) is 2.82. The van der Waals surface area contributed by atoms with Gasteiger partial charge in [-0.1, -0.05) is 24.3 Å². The summed E-state index contributed by atoms with van der Waals surface area (Å²) in [7, 11) is 0. The van der Waals surface area contributed by atoms with E-state index in [1.165, 1.54) is 6.33 Å². The zero-order valence-electron chi connectivity index (χ0n) is 11.6. The number of aryl methyl sites for hydroxylation is 1. The Morgan fingerprint density at radius 3 is 3.00 bits per heavy atom. The third-order valence-corrected chi connectivity index (χ3v) is 3.77. The van der Waals surface area contributed by atoms with E-state index in [-0.39, 0.29) is 11.9 Å². The molecule has 0 aliphatic heterocycles. The Hall–Kier alpha value is -2.27. The number of rotatable bonds is 4. The minimum Gasteiger partial charge on any atom is -0.390 e. The maximum Gasteiger partial charge on any atom is 0.220 e. The number of nitrogens with zero attached hydrogens (tertiary/aromatic N) is 2. The van der Waals surface area contributed by atoms with Crippen LogP contribution in [0, 0.1) is 0 Å². The van der Waals surface area contributed by atoms with Crippen LogP contribution in [0.3, 0.4) is 0 Å². The fraction of sp³-hybridized carbons (Fsp3) is 0.312. The van der Waals surface area contributed by atoms with Crippen LogP contribution in [-0.4, -0.2) is 27.1 Å². The first-order valence-corrected chi connectivity index (χ1v) is 7.04. The van der Waals surface area contributed by atoms with Crippen molar-refractivity contribution in [3.63, 3.8) is 0 Å². The predicted octanol–water partition coefficient (Wildman–Crippen LogP) is 1.18. The maximum atomic E-state index is 12.1. The highest BCUT2D eigenvalue weighted by molar-refractivity contribution is 5.77. The molecule has 2 N–H and O–H groups in total. The number of aliphatic hydroxyl groups is 1. The molecule has 2 atom stereocenters. The van der Waals surface area contributed by atoms with E-state index in [0.29, 0.717) is 19.3 Å². The molecule has 0 saturated carbocycles. The summed E-state index contributed by atoms with van der Waals surface area (Å²) in [6.07, 6.45) is 4.10. The van der Waals surface area contributed by atoms with Crippen LogP contribution in [0.25, 0.3) is 0 Å². The Morgan fingerprint density at radius 2 is 2.19 bits per heavy atom. The summed E-state index contributed by atoms with van der Waals surface area (Å²) >= 11 is 0. The second-order valence-corrected chi connectivity index (χ2v) is 5.22. The highest BCUT2D eigenvalue weighted by atomic mass is 16.3. The molecule has 0 fully saturated rings. The molecule has 0 unspecified atom stereocenters. The van der Waals surface area contributed by atoms with Gasteiger partial charge < -0.3 is 10.4 Å². The lowest BCUT2D eigenvalue weighted by molar-refractivity contribution is -0.122. The van der Waals surface area contributed by atoms with Crippen LogP contribution in [0.1, 0.15) is 29.3 Å². The Labute approximate surface area is 123 Å². The molecule has 0 radical (unpaired) electrons. The molecule has 2 aromatic rings. The highest BCUT2D eigenvalue weighted by Crippen LogP contribution is 2.31. The maximum absolute atomic E-state index is 12.1. The van der Waals surface area contributed by atoms with E-state index in [4.69, 9.17) is 0 Å². The van der Waals surface area contributed by atoms with Gasteiger partial charge in [-0.15, -0.1) is 0 Å². The number of carbonyl (C=O) groups is 1. The largest absolute Gasteiger partial charge is 0.390 e. The standard InChI is InChI=1S/C16H17N3O2/c20-14-9-11-3-1-2-4-13(11)16(14)19-15(21)6-5-12-7-8-17-10-18-12/h1-4,7-8,10,14,16,20H,5-6,9H2,(H,19,21)/t14-,16+/m1/s1. The number of benzene rings is 1. The van der Waals surface area contributed by atoms with Crippen molar-refractivity contribution in [2.45, 2.75) is 31.4 Å². The zero-order chi connectivity index (χ0) is 14.7. The molecule has 3 rings (SSSR count). The highest BCUT2D eigenvalue weighted by Gasteiger charge is 2.31. The van der Waals surface area contributed by atoms with Crippen molar-refractivity contribution in [1.29, 1.82) is 0 Å². The Bertz CT molecular complexity index is 630. The lowest BCUT2D eigenvalue weighted by Crippen LogP contribution is -2.34. The van der Waals surface area contributed by atoms with Gasteiger partial charge in [0.25, 0.3) is 0 Å². The van der Waals surface area contributed by atoms with Crippen LogP contribution in [0.4, 0.5) is 0 Å². The fourth-order valence-electron chi connectivity index (χ4n) is 2.70. The van der Waals surface area contributed by atoms with Gasteiger partial charge in [0.15, 0.2) is 0 Å². The minimum absolute atomic E-state index is 0.0747. The number of aliphatic hydroxyl groups excluding tert-OH is 1. The van der Waals surface area contributed by atoms with Gasteiger partial charge in [0.1, 0.15) is 6.33 Å². The number of nitrogens with one attached hydrogen (secondary N) is 1. The second-order valence-electron chi connectivity index (χ2n) is 5.22. The molecular formula is C16H17N3O2. The monoisotopic (exact) mass is 283 g/mol. The van der Waals surface area contributed by atoms with Gasteiger partial charge in [-0.2, -0.15) is 0 Å². The second kappa shape index (κ2) is 6.01. The van der Waals surface area contributed by atoms with E-state index in [2.05, 4.69) is 15.3 Å². The zero-order valence-corrected chi connectivity index (χ0v) is 11.6. The Kier molecular flexibility index (Phi) is 3.92. The van der Waals surface area contributed by atoms with Crippen molar-refractivity contribution in [2.75, 3.05) is 0 Å². The van der Waals surface area contributed by atoms with Gasteiger partial charge in [-0.3, -0.25) is 4.79 Å². The molecule has 5 heteroatoms. The molecule has 1 aromatic heterocycles. The summed E-state index contributed by atoms with van der Waals surface area (Å²) in [5.74, 6) is -0.0747. The van der Waals surface area contributed by atoms with Crippen molar-refractivity contribution in [3.8, 4) is 0 Å². The normalized spacial score (nSPS) is 20.0. The van der Waals surface area contributed by atoms with Crippen LogP contribution in [0.5, 0.6) is 0 Å². The first-order chi connectivity index (χ1) is 10.2. The van der Waals surface area contributed by atoms with E-state index in [0.717, 1.165) is 16.8 Å². The van der Waals surface area contributed by atoms with Gasteiger partial charge in [0, 0.05) is 24.7 Å². The molecule has 1 aliphatic rings. The third-order valence-electron chi connectivity index (χ3n) is 3.77. The lowest BCUT2D eigenvalue weighted by Gasteiger charge is -2.17. The predicted molar refractivity (Wildman–Crippen MR) is 77.4 cm³/mol. The molecule has 1 aromatic carbocycles. The number of fused-ring (bicyclic) bond motifs is 1. The molecule has 0 bridgehead atoms. The minimum atomic E-state index is -0.551. The summed E-state index contributed by atoms with van der Waals surface area (Å²) in [4.78, 5) is 20.0. The molecule has 21 heavy (non-hydrogen) atoms. The van der Waals surface area contributed by atoms with Crippen LogP contribution in [-0.2, 0) is 17.6 Å². The first-order valence-electron chi connectivity index (χ1n) is 7.04.